The molecular weight excluding hydrogens is 244 g/mol. The summed E-state index contributed by atoms with van der Waals surface area (Å²) < 4.78 is 0. The van der Waals surface area contributed by atoms with Crippen molar-refractivity contribution in [3.63, 3.8) is 0 Å². The molecule has 0 radical (unpaired) electrons. The lowest BCUT2D eigenvalue weighted by molar-refractivity contribution is 0.0662. The zero-order chi connectivity index (χ0) is 13.4. The molecule has 3 saturated heterocycles. The van der Waals surface area contributed by atoms with Gasteiger partial charge in [0.2, 0.25) is 0 Å². The molecule has 5 rings (SSSR count). The van der Waals surface area contributed by atoms with E-state index < -0.39 is 0 Å². The van der Waals surface area contributed by atoms with Crippen LogP contribution in [0.25, 0.3) is 0 Å². The Morgan fingerprint density at radius 2 is 1.85 bits per heavy atom. The van der Waals surface area contributed by atoms with Crippen LogP contribution in [0.3, 0.4) is 0 Å². The summed E-state index contributed by atoms with van der Waals surface area (Å²) in [7, 11) is 0. The first-order valence-electron chi connectivity index (χ1n) is 8.46. The maximum Gasteiger partial charge on any atom is 0.0326 e. The van der Waals surface area contributed by atoms with Crippen molar-refractivity contribution in [2.24, 2.45) is 5.92 Å². The molecule has 3 fully saturated rings. The van der Waals surface area contributed by atoms with Crippen LogP contribution >= 0.6 is 0 Å². The molecule has 2 bridgehead atoms. The minimum Gasteiger partial charge on any atom is -0.306 e. The maximum atomic E-state index is 4.04. The predicted octanol–water partition coefficient (Wildman–Crippen LogP) is 3.14. The normalized spacial score (nSPS) is 36.4. The summed E-state index contributed by atoms with van der Waals surface area (Å²) in [5.41, 5.74) is 3.17. The van der Waals surface area contributed by atoms with E-state index in [4.69, 9.17) is 0 Å². The molecule has 0 spiro atoms. The van der Waals surface area contributed by atoms with Gasteiger partial charge in [-0.3, -0.25) is 0 Å². The van der Waals surface area contributed by atoms with E-state index in [0.717, 1.165) is 12.0 Å². The first kappa shape index (κ1) is 12.8. The van der Waals surface area contributed by atoms with Gasteiger partial charge in [0.25, 0.3) is 0 Å². The zero-order valence-corrected chi connectivity index (χ0v) is 12.4. The van der Waals surface area contributed by atoms with E-state index in [1.54, 1.807) is 11.1 Å². The molecule has 20 heavy (non-hydrogen) atoms. The van der Waals surface area contributed by atoms with Crippen LogP contribution in [0.4, 0.5) is 0 Å². The van der Waals surface area contributed by atoms with Crippen LogP contribution in [0.5, 0.6) is 0 Å². The van der Waals surface area contributed by atoms with E-state index in [0.29, 0.717) is 6.04 Å². The third kappa shape index (κ3) is 2.40. The van der Waals surface area contributed by atoms with Crippen LogP contribution in [-0.4, -0.2) is 30.6 Å². The first-order chi connectivity index (χ1) is 9.90. The summed E-state index contributed by atoms with van der Waals surface area (Å²) in [4.78, 5) is 2.65. The summed E-state index contributed by atoms with van der Waals surface area (Å²) in [6.07, 6.45) is 8.13. The molecule has 3 heterocycles. The number of hydrogen-bond donors (Lipinski definition) is 1. The van der Waals surface area contributed by atoms with E-state index >= 15 is 0 Å². The highest BCUT2D eigenvalue weighted by Crippen LogP contribution is 2.33. The van der Waals surface area contributed by atoms with E-state index in [1.807, 2.05) is 0 Å². The van der Waals surface area contributed by atoms with Crippen LogP contribution in [0.1, 0.15) is 49.3 Å². The Balaban J connectivity index is 1.53. The Morgan fingerprint density at radius 1 is 1.00 bits per heavy atom. The summed E-state index contributed by atoms with van der Waals surface area (Å²) in [6, 6.07) is 10.4. The van der Waals surface area contributed by atoms with E-state index in [9.17, 15) is 0 Å². The van der Waals surface area contributed by atoms with Gasteiger partial charge < -0.3 is 10.2 Å². The molecule has 4 aliphatic rings. The smallest absolute Gasteiger partial charge is 0.0326 e. The fraction of sp³-hybridized carbons (Fsp3) is 0.667. The van der Waals surface area contributed by atoms with Gasteiger partial charge in [0, 0.05) is 18.6 Å². The second kappa shape index (κ2) is 5.50. The molecule has 1 aromatic rings. The highest BCUT2D eigenvalue weighted by molar-refractivity contribution is 5.31. The van der Waals surface area contributed by atoms with Gasteiger partial charge in [-0.25, -0.2) is 0 Å². The maximum absolute atomic E-state index is 4.04. The molecule has 0 aromatic heterocycles. The third-order valence-corrected chi connectivity index (χ3v) is 5.69. The van der Waals surface area contributed by atoms with Gasteiger partial charge in [-0.15, -0.1) is 0 Å². The zero-order valence-electron chi connectivity index (χ0n) is 12.4. The van der Waals surface area contributed by atoms with E-state index in [1.165, 1.54) is 58.2 Å². The van der Waals surface area contributed by atoms with E-state index in [2.05, 4.69) is 34.5 Å². The molecule has 3 aliphatic heterocycles. The average Bonchev–Trinajstić information content (AvgIpc) is 2.71. The van der Waals surface area contributed by atoms with Gasteiger partial charge >= 0.3 is 0 Å². The Labute approximate surface area is 122 Å². The molecule has 0 amide bonds. The monoisotopic (exact) mass is 270 g/mol. The van der Waals surface area contributed by atoms with Crippen LogP contribution in [0, 0.1) is 5.92 Å². The quantitative estimate of drug-likeness (QED) is 0.831. The van der Waals surface area contributed by atoms with Gasteiger partial charge in [-0.2, -0.15) is 0 Å². The first-order valence-corrected chi connectivity index (χ1v) is 8.46. The van der Waals surface area contributed by atoms with Crippen molar-refractivity contribution < 1.29 is 0 Å². The molecule has 2 heteroatoms. The molecule has 0 saturated carbocycles. The minimum atomic E-state index is 0.597. The van der Waals surface area contributed by atoms with Gasteiger partial charge in [0.15, 0.2) is 0 Å². The third-order valence-electron chi connectivity index (χ3n) is 5.69. The lowest BCUT2D eigenvalue weighted by Gasteiger charge is -2.46. The Kier molecular flexibility index (Phi) is 3.53. The summed E-state index contributed by atoms with van der Waals surface area (Å²) in [5.74, 6) is 0.926. The van der Waals surface area contributed by atoms with Gasteiger partial charge in [0.05, 0.1) is 0 Å². The van der Waals surface area contributed by atoms with Crippen molar-refractivity contribution in [3.05, 3.63) is 35.4 Å². The van der Waals surface area contributed by atoms with Gasteiger partial charge in [-0.1, -0.05) is 30.7 Å². The molecule has 2 unspecified atom stereocenters. The summed E-state index contributed by atoms with van der Waals surface area (Å²) >= 11 is 0. The molecule has 1 N–H and O–H groups in total. The van der Waals surface area contributed by atoms with Crippen molar-refractivity contribution in [1.29, 1.82) is 0 Å². The van der Waals surface area contributed by atoms with Crippen LogP contribution in [-0.2, 0) is 6.42 Å². The Bertz CT molecular complexity index is 462. The van der Waals surface area contributed by atoms with Crippen molar-refractivity contribution in [1.82, 2.24) is 10.2 Å². The van der Waals surface area contributed by atoms with Crippen molar-refractivity contribution >= 4 is 0 Å². The fourth-order valence-corrected chi connectivity index (χ4v) is 4.51. The number of piperidine rings is 3. The van der Waals surface area contributed by atoms with Crippen LogP contribution < -0.4 is 5.32 Å². The second-order valence-corrected chi connectivity index (χ2v) is 6.91. The number of nitrogens with zero attached hydrogens (tertiary/aromatic N) is 1. The summed E-state index contributed by atoms with van der Waals surface area (Å²) in [5, 5.41) is 4.04. The van der Waals surface area contributed by atoms with Crippen LogP contribution in [0.2, 0.25) is 0 Å². The molecule has 1 aromatic carbocycles. The van der Waals surface area contributed by atoms with Crippen LogP contribution in [0.15, 0.2) is 24.3 Å². The number of aryl methyl sites for hydroxylation is 1. The number of nitrogens with one attached hydrogen (secondary N) is 1. The Morgan fingerprint density at radius 3 is 2.65 bits per heavy atom. The summed E-state index contributed by atoms with van der Waals surface area (Å²) in [6.45, 7) is 3.96. The molecule has 2 nitrogen and oxygen atoms in total. The largest absolute Gasteiger partial charge is 0.306 e. The number of hydrogen-bond acceptors (Lipinski definition) is 2. The topological polar surface area (TPSA) is 15.3 Å². The molecule has 2 atom stereocenters. The average molecular weight is 270 g/mol. The lowest BCUT2D eigenvalue weighted by Crippen LogP contribution is -2.56. The standard InChI is InChI=1S/C18H26N2/c1-3-7-16-14(5-1)6-2-4-8-17(16)19-18-13-20-11-9-15(18)10-12-20/h1,3,5,7,15,17-19H,2,4,6,8-13H2. The van der Waals surface area contributed by atoms with Crippen molar-refractivity contribution in [3.8, 4) is 0 Å². The van der Waals surface area contributed by atoms with Crippen molar-refractivity contribution in [2.45, 2.75) is 50.6 Å². The van der Waals surface area contributed by atoms with E-state index in [-0.39, 0.29) is 0 Å². The Hall–Kier alpha value is -0.860. The fourth-order valence-electron chi connectivity index (χ4n) is 4.51. The second-order valence-electron chi connectivity index (χ2n) is 6.91. The van der Waals surface area contributed by atoms with Gasteiger partial charge in [0.1, 0.15) is 0 Å². The minimum absolute atomic E-state index is 0.597. The lowest BCUT2D eigenvalue weighted by atomic mass is 9.83. The highest BCUT2D eigenvalue weighted by Gasteiger charge is 2.35. The molecule has 108 valence electrons. The number of benzene rings is 1. The van der Waals surface area contributed by atoms with Crippen molar-refractivity contribution in [2.75, 3.05) is 19.6 Å². The SMILES string of the molecule is c1ccc2c(c1)CCCCC2NC1CN2CCC1CC2. The van der Waals surface area contributed by atoms with Gasteiger partial charge in [-0.05, 0) is 62.2 Å². The number of rotatable bonds is 2. The molecular formula is C18H26N2. The number of fused-ring (bicyclic) bond motifs is 4. The predicted molar refractivity (Wildman–Crippen MR) is 82.8 cm³/mol. The molecule has 1 aliphatic carbocycles. The highest BCUT2D eigenvalue weighted by atomic mass is 15.2.